The number of thiazole rings is 1. The predicted molar refractivity (Wildman–Crippen MR) is 135 cm³/mol. The fraction of sp³-hybridized carbons (Fsp3) is 0.417. The van der Waals surface area contributed by atoms with Crippen LogP contribution in [0, 0.1) is 10.1 Å². The lowest BCUT2D eigenvalue weighted by molar-refractivity contribution is -0.384. The van der Waals surface area contributed by atoms with E-state index in [1.807, 2.05) is 29.2 Å². The number of carbonyl (C=O) groups is 1. The lowest BCUT2D eigenvalue weighted by Crippen LogP contribution is -2.43. The Hall–Kier alpha value is -3.12. The third-order valence-corrected chi connectivity index (χ3v) is 7.33. The molecule has 11 heteroatoms. The molecule has 0 saturated carbocycles. The van der Waals surface area contributed by atoms with Gasteiger partial charge in [0, 0.05) is 50.9 Å². The van der Waals surface area contributed by atoms with E-state index in [2.05, 4.69) is 4.90 Å². The summed E-state index contributed by atoms with van der Waals surface area (Å²) in [6.45, 7) is 6.24. The number of carbonyl (C=O) groups excluding carboxylic acids is 1. The van der Waals surface area contributed by atoms with Crippen LogP contribution in [0.5, 0.6) is 0 Å². The first-order valence-corrected chi connectivity index (χ1v) is 12.5. The van der Waals surface area contributed by atoms with Crippen LogP contribution in [0.1, 0.15) is 10.4 Å². The zero-order valence-corrected chi connectivity index (χ0v) is 20.1. The standard InChI is InChI=1S/C24H27N5O5S/c30-23(18-5-6-20(21(17-18)29(31)32)27-11-15-34-16-12-27)28(8-7-26-9-13-33-14-10-26)24-25-19-3-1-2-4-22(19)35-24/h1-6,17H,7-16H2. The average molecular weight is 498 g/mol. The minimum atomic E-state index is -0.419. The Morgan fingerprint density at radius 1 is 1.06 bits per heavy atom. The molecule has 35 heavy (non-hydrogen) atoms. The molecule has 0 N–H and O–H groups in total. The number of amides is 1. The molecule has 0 bridgehead atoms. The maximum absolute atomic E-state index is 13.8. The number of fused-ring (bicyclic) bond motifs is 1. The van der Waals surface area contributed by atoms with Crippen LogP contribution in [0.4, 0.5) is 16.5 Å². The van der Waals surface area contributed by atoms with Gasteiger partial charge < -0.3 is 14.4 Å². The summed E-state index contributed by atoms with van der Waals surface area (Å²) in [6.07, 6.45) is 0. The van der Waals surface area contributed by atoms with E-state index in [4.69, 9.17) is 14.5 Å². The van der Waals surface area contributed by atoms with Gasteiger partial charge in [-0.2, -0.15) is 0 Å². The largest absolute Gasteiger partial charge is 0.379 e. The van der Waals surface area contributed by atoms with Gasteiger partial charge in [-0.15, -0.1) is 0 Å². The Kier molecular flexibility index (Phi) is 7.19. The zero-order valence-electron chi connectivity index (χ0n) is 19.3. The van der Waals surface area contributed by atoms with Crippen molar-refractivity contribution in [3.63, 3.8) is 0 Å². The molecule has 5 rings (SSSR count). The monoisotopic (exact) mass is 497 g/mol. The first-order valence-electron chi connectivity index (χ1n) is 11.7. The Balaban J connectivity index is 1.45. The highest BCUT2D eigenvalue weighted by molar-refractivity contribution is 7.22. The van der Waals surface area contributed by atoms with Crippen LogP contribution in [-0.4, -0.2) is 86.4 Å². The van der Waals surface area contributed by atoms with Crippen molar-refractivity contribution < 1.29 is 19.2 Å². The first kappa shape index (κ1) is 23.6. The average Bonchev–Trinajstić information content (AvgIpc) is 3.33. The Labute approximate surface area is 206 Å². The minimum Gasteiger partial charge on any atom is -0.379 e. The van der Waals surface area contributed by atoms with E-state index in [-0.39, 0.29) is 17.2 Å². The molecule has 2 aromatic carbocycles. The fourth-order valence-corrected chi connectivity index (χ4v) is 5.35. The molecule has 0 unspecified atom stereocenters. The number of rotatable bonds is 7. The number of morpholine rings is 2. The van der Waals surface area contributed by atoms with E-state index < -0.39 is 4.92 Å². The SMILES string of the molecule is O=C(c1ccc(N2CCOCC2)c([N+](=O)[O-])c1)N(CCN1CCOCC1)c1nc2ccccc2s1. The fourth-order valence-electron chi connectivity index (χ4n) is 4.36. The van der Waals surface area contributed by atoms with Gasteiger partial charge in [-0.05, 0) is 24.3 Å². The number of anilines is 2. The van der Waals surface area contributed by atoms with E-state index in [0.29, 0.717) is 63.4 Å². The molecule has 10 nitrogen and oxygen atoms in total. The normalized spacial score (nSPS) is 17.0. The topological polar surface area (TPSA) is 101 Å². The van der Waals surface area contributed by atoms with Crippen LogP contribution in [0.25, 0.3) is 10.2 Å². The molecular weight excluding hydrogens is 470 g/mol. The van der Waals surface area contributed by atoms with Crippen LogP contribution in [0.15, 0.2) is 42.5 Å². The van der Waals surface area contributed by atoms with Crippen LogP contribution in [-0.2, 0) is 9.47 Å². The third kappa shape index (κ3) is 5.27. The number of aromatic nitrogens is 1. The Morgan fingerprint density at radius 2 is 1.77 bits per heavy atom. The van der Waals surface area contributed by atoms with Gasteiger partial charge in [0.05, 0.1) is 41.6 Å². The van der Waals surface area contributed by atoms with Gasteiger partial charge in [0.1, 0.15) is 5.69 Å². The van der Waals surface area contributed by atoms with Crippen molar-refractivity contribution >= 4 is 44.0 Å². The number of ether oxygens (including phenoxy) is 2. The molecule has 1 aromatic heterocycles. The lowest BCUT2D eigenvalue weighted by Gasteiger charge is -2.30. The van der Waals surface area contributed by atoms with Crippen molar-refractivity contribution in [2.45, 2.75) is 0 Å². The number of nitro groups is 1. The second kappa shape index (κ2) is 10.6. The minimum absolute atomic E-state index is 0.0739. The molecule has 0 radical (unpaired) electrons. The van der Waals surface area contributed by atoms with Crippen molar-refractivity contribution in [2.24, 2.45) is 0 Å². The van der Waals surface area contributed by atoms with Gasteiger partial charge in [0.15, 0.2) is 5.13 Å². The van der Waals surface area contributed by atoms with Crippen LogP contribution < -0.4 is 9.80 Å². The predicted octanol–water partition coefficient (Wildman–Crippen LogP) is 3.02. The molecule has 1 amide bonds. The van der Waals surface area contributed by atoms with Crippen LogP contribution in [0.3, 0.4) is 0 Å². The summed E-state index contributed by atoms with van der Waals surface area (Å²) in [5.74, 6) is -0.297. The number of hydrogen-bond acceptors (Lipinski definition) is 9. The molecule has 3 aromatic rings. The second-order valence-electron chi connectivity index (χ2n) is 8.43. The number of benzene rings is 2. The molecule has 3 heterocycles. The summed E-state index contributed by atoms with van der Waals surface area (Å²) in [6, 6.07) is 12.5. The van der Waals surface area contributed by atoms with Gasteiger partial charge in [0.25, 0.3) is 11.6 Å². The maximum atomic E-state index is 13.8. The van der Waals surface area contributed by atoms with E-state index in [0.717, 1.165) is 23.3 Å². The Morgan fingerprint density at radius 3 is 2.49 bits per heavy atom. The molecule has 2 aliphatic heterocycles. The molecule has 184 valence electrons. The third-order valence-electron chi connectivity index (χ3n) is 6.27. The molecule has 0 atom stereocenters. The van der Waals surface area contributed by atoms with E-state index in [1.54, 1.807) is 17.0 Å². The quantitative estimate of drug-likeness (QED) is 0.363. The maximum Gasteiger partial charge on any atom is 0.293 e. The summed E-state index contributed by atoms with van der Waals surface area (Å²) in [7, 11) is 0. The number of para-hydroxylation sites is 1. The summed E-state index contributed by atoms with van der Waals surface area (Å²) in [5.41, 5.74) is 1.53. The van der Waals surface area contributed by atoms with E-state index in [9.17, 15) is 14.9 Å². The van der Waals surface area contributed by atoms with E-state index >= 15 is 0 Å². The highest BCUT2D eigenvalue weighted by atomic mass is 32.1. The summed E-state index contributed by atoms with van der Waals surface area (Å²) in [4.78, 5) is 35.8. The van der Waals surface area contributed by atoms with Crippen LogP contribution >= 0.6 is 11.3 Å². The Bertz CT molecular complexity index is 1170. The summed E-state index contributed by atoms with van der Waals surface area (Å²) in [5, 5.41) is 12.5. The number of hydrogen-bond donors (Lipinski definition) is 0. The van der Waals surface area contributed by atoms with Gasteiger partial charge in [-0.3, -0.25) is 24.7 Å². The van der Waals surface area contributed by atoms with Crippen LogP contribution in [0.2, 0.25) is 0 Å². The molecule has 0 spiro atoms. The van der Waals surface area contributed by atoms with E-state index in [1.165, 1.54) is 17.4 Å². The van der Waals surface area contributed by atoms with Gasteiger partial charge in [0.2, 0.25) is 0 Å². The molecule has 0 aliphatic carbocycles. The lowest BCUT2D eigenvalue weighted by atomic mass is 10.1. The van der Waals surface area contributed by atoms with Crippen molar-refractivity contribution in [3.8, 4) is 0 Å². The summed E-state index contributed by atoms with van der Waals surface area (Å²) >= 11 is 1.45. The first-order chi connectivity index (χ1) is 17.1. The van der Waals surface area contributed by atoms with Gasteiger partial charge in [-0.25, -0.2) is 4.98 Å². The molecule has 2 fully saturated rings. The second-order valence-corrected chi connectivity index (χ2v) is 9.44. The molecular formula is C24H27N5O5S. The number of nitro benzene ring substituents is 1. The highest BCUT2D eigenvalue weighted by Gasteiger charge is 2.27. The smallest absolute Gasteiger partial charge is 0.293 e. The van der Waals surface area contributed by atoms with Crippen molar-refractivity contribution in [3.05, 3.63) is 58.1 Å². The van der Waals surface area contributed by atoms with Gasteiger partial charge in [-0.1, -0.05) is 23.5 Å². The molecule has 2 saturated heterocycles. The zero-order chi connectivity index (χ0) is 24.2. The van der Waals surface area contributed by atoms with Gasteiger partial charge >= 0.3 is 0 Å². The van der Waals surface area contributed by atoms with Crippen molar-refractivity contribution in [2.75, 3.05) is 75.5 Å². The van der Waals surface area contributed by atoms with Crippen molar-refractivity contribution in [1.29, 1.82) is 0 Å². The number of nitrogens with zero attached hydrogens (tertiary/aromatic N) is 5. The molecule has 2 aliphatic rings. The summed E-state index contributed by atoms with van der Waals surface area (Å²) < 4.78 is 11.8. The van der Waals surface area contributed by atoms with Crippen molar-refractivity contribution in [1.82, 2.24) is 9.88 Å². The highest BCUT2D eigenvalue weighted by Crippen LogP contribution is 2.33.